The van der Waals surface area contributed by atoms with E-state index in [1.165, 1.54) is 0 Å². The van der Waals surface area contributed by atoms with Gasteiger partial charge in [0.1, 0.15) is 5.54 Å². The summed E-state index contributed by atoms with van der Waals surface area (Å²) in [4.78, 5) is 34.9. The molecule has 0 bridgehead atoms. The lowest BCUT2D eigenvalue weighted by atomic mass is 9.92. The largest absolute Gasteiger partial charge is 0.330 e. The Kier molecular flexibility index (Phi) is 5.90. The Bertz CT molecular complexity index is 593. The van der Waals surface area contributed by atoms with Gasteiger partial charge in [0.05, 0.1) is 0 Å². The topological polar surface area (TPSA) is 113 Å². The molecule has 0 aliphatic carbocycles. The molecule has 1 aliphatic heterocycles. The lowest BCUT2D eigenvalue weighted by molar-refractivity contribution is -0.123. The van der Waals surface area contributed by atoms with Gasteiger partial charge in [-0.1, -0.05) is 12.1 Å². The minimum Gasteiger partial charge on any atom is -0.330 e. The third-order valence-electron chi connectivity index (χ3n) is 3.38. The van der Waals surface area contributed by atoms with E-state index in [2.05, 4.69) is 16.0 Å². The number of halogens is 1. The Morgan fingerprint density at radius 2 is 2.09 bits per heavy atom. The number of nitrogens with two attached hydrogens (primary N) is 1. The molecule has 8 heteroatoms. The Morgan fingerprint density at radius 3 is 2.68 bits per heavy atom. The summed E-state index contributed by atoms with van der Waals surface area (Å²) in [6, 6.07) is 6.31. The zero-order valence-corrected chi connectivity index (χ0v) is 13.0. The van der Waals surface area contributed by atoms with E-state index >= 15 is 0 Å². The van der Waals surface area contributed by atoms with Gasteiger partial charge in [0.15, 0.2) is 0 Å². The molecule has 120 valence electrons. The van der Waals surface area contributed by atoms with Gasteiger partial charge in [0.2, 0.25) is 5.91 Å². The molecule has 4 amide bonds. The summed E-state index contributed by atoms with van der Waals surface area (Å²) < 4.78 is 0. The van der Waals surface area contributed by atoms with E-state index in [1.807, 2.05) is 0 Å². The number of rotatable bonds is 5. The van der Waals surface area contributed by atoms with Crippen molar-refractivity contribution in [2.45, 2.75) is 25.3 Å². The Morgan fingerprint density at radius 1 is 1.36 bits per heavy atom. The molecule has 0 saturated carbocycles. The molecular formula is C14H19ClN4O3. The SMILES string of the molecule is CC1(c2cccc(NC(=O)CCCN)c2)NC(=O)NC1=O.Cl. The van der Waals surface area contributed by atoms with Crippen LogP contribution in [-0.4, -0.2) is 24.4 Å². The van der Waals surface area contributed by atoms with Crippen molar-refractivity contribution in [3.63, 3.8) is 0 Å². The van der Waals surface area contributed by atoms with Crippen LogP contribution in [0.3, 0.4) is 0 Å². The van der Waals surface area contributed by atoms with Crippen molar-refractivity contribution < 1.29 is 14.4 Å². The Labute approximate surface area is 134 Å². The van der Waals surface area contributed by atoms with Crippen LogP contribution in [0, 0.1) is 0 Å². The summed E-state index contributed by atoms with van der Waals surface area (Å²) in [5.41, 5.74) is 5.40. The number of carbonyl (C=O) groups excluding carboxylic acids is 3. The molecule has 1 saturated heterocycles. The highest BCUT2D eigenvalue weighted by Gasteiger charge is 2.43. The molecule has 1 heterocycles. The van der Waals surface area contributed by atoms with Crippen molar-refractivity contribution in [1.29, 1.82) is 0 Å². The van der Waals surface area contributed by atoms with Crippen LogP contribution in [0.2, 0.25) is 0 Å². The highest BCUT2D eigenvalue weighted by Crippen LogP contribution is 2.26. The molecule has 0 radical (unpaired) electrons. The first-order valence-corrected chi connectivity index (χ1v) is 6.70. The number of benzene rings is 1. The van der Waals surface area contributed by atoms with E-state index in [0.29, 0.717) is 30.6 Å². The summed E-state index contributed by atoms with van der Waals surface area (Å²) in [7, 11) is 0. The van der Waals surface area contributed by atoms with Gasteiger partial charge in [0.25, 0.3) is 5.91 Å². The summed E-state index contributed by atoms with van der Waals surface area (Å²) in [6.45, 7) is 2.07. The average Bonchev–Trinajstić information content (AvgIpc) is 2.71. The van der Waals surface area contributed by atoms with Crippen LogP contribution in [-0.2, 0) is 15.1 Å². The summed E-state index contributed by atoms with van der Waals surface area (Å²) in [5, 5.41) is 7.53. The fraction of sp³-hybridized carbons (Fsp3) is 0.357. The number of anilines is 1. The molecular weight excluding hydrogens is 308 g/mol. The highest BCUT2D eigenvalue weighted by molar-refractivity contribution is 6.07. The van der Waals surface area contributed by atoms with Gasteiger partial charge >= 0.3 is 6.03 Å². The van der Waals surface area contributed by atoms with E-state index in [1.54, 1.807) is 31.2 Å². The second-order valence-corrected chi connectivity index (χ2v) is 5.05. The van der Waals surface area contributed by atoms with E-state index < -0.39 is 17.5 Å². The summed E-state index contributed by atoms with van der Waals surface area (Å²) in [5.74, 6) is -0.554. The van der Waals surface area contributed by atoms with Crippen molar-refractivity contribution in [3.05, 3.63) is 29.8 Å². The predicted molar refractivity (Wildman–Crippen MR) is 84.6 cm³/mol. The Balaban J connectivity index is 0.00000242. The number of hydrogen-bond donors (Lipinski definition) is 4. The van der Waals surface area contributed by atoms with Crippen LogP contribution in [0.4, 0.5) is 10.5 Å². The van der Waals surface area contributed by atoms with Crippen molar-refractivity contribution in [2.24, 2.45) is 5.73 Å². The first kappa shape index (κ1) is 17.9. The number of carbonyl (C=O) groups is 3. The van der Waals surface area contributed by atoms with Gasteiger partial charge in [0, 0.05) is 12.1 Å². The molecule has 1 unspecified atom stereocenters. The smallest absolute Gasteiger partial charge is 0.322 e. The normalized spacial score (nSPS) is 19.9. The van der Waals surface area contributed by atoms with Crippen molar-refractivity contribution in [2.75, 3.05) is 11.9 Å². The fourth-order valence-corrected chi connectivity index (χ4v) is 2.14. The predicted octanol–water partition coefficient (Wildman–Crippen LogP) is 0.840. The lowest BCUT2D eigenvalue weighted by Gasteiger charge is -2.21. The van der Waals surface area contributed by atoms with Crippen molar-refractivity contribution in [3.8, 4) is 0 Å². The number of urea groups is 1. The maximum Gasteiger partial charge on any atom is 0.322 e. The third-order valence-corrected chi connectivity index (χ3v) is 3.38. The fourth-order valence-electron chi connectivity index (χ4n) is 2.14. The monoisotopic (exact) mass is 326 g/mol. The maximum absolute atomic E-state index is 11.9. The second-order valence-electron chi connectivity index (χ2n) is 5.05. The van der Waals surface area contributed by atoms with Crippen LogP contribution < -0.4 is 21.7 Å². The van der Waals surface area contributed by atoms with E-state index in [4.69, 9.17) is 5.73 Å². The van der Waals surface area contributed by atoms with Crippen LogP contribution in [0.25, 0.3) is 0 Å². The van der Waals surface area contributed by atoms with Gasteiger partial charge in [-0.15, -0.1) is 12.4 Å². The summed E-state index contributed by atoms with van der Waals surface area (Å²) >= 11 is 0. The quantitative estimate of drug-likeness (QED) is 0.600. The van der Waals surface area contributed by atoms with Crippen LogP contribution in [0.1, 0.15) is 25.3 Å². The molecule has 1 aliphatic rings. The van der Waals surface area contributed by atoms with Gasteiger partial charge in [-0.3, -0.25) is 14.9 Å². The zero-order chi connectivity index (χ0) is 15.5. The first-order chi connectivity index (χ1) is 9.95. The molecule has 0 spiro atoms. The molecule has 1 atom stereocenters. The maximum atomic E-state index is 11.9. The van der Waals surface area contributed by atoms with E-state index in [0.717, 1.165) is 0 Å². The molecule has 1 aromatic rings. The van der Waals surface area contributed by atoms with Crippen molar-refractivity contribution in [1.82, 2.24) is 10.6 Å². The van der Waals surface area contributed by atoms with Crippen molar-refractivity contribution >= 4 is 35.9 Å². The number of imide groups is 1. The molecule has 1 fully saturated rings. The van der Waals surface area contributed by atoms with Gasteiger partial charge in [-0.25, -0.2) is 4.79 Å². The number of hydrogen-bond acceptors (Lipinski definition) is 4. The molecule has 5 N–H and O–H groups in total. The number of amides is 4. The van der Waals surface area contributed by atoms with Gasteiger partial charge in [-0.2, -0.15) is 0 Å². The van der Waals surface area contributed by atoms with Crippen LogP contribution in [0.5, 0.6) is 0 Å². The Hall–Kier alpha value is -2.12. The highest BCUT2D eigenvalue weighted by atomic mass is 35.5. The van der Waals surface area contributed by atoms with E-state index in [9.17, 15) is 14.4 Å². The van der Waals surface area contributed by atoms with Crippen LogP contribution in [0.15, 0.2) is 24.3 Å². The van der Waals surface area contributed by atoms with Gasteiger partial charge < -0.3 is 16.4 Å². The minimum absolute atomic E-state index is 0. The van der Waals surface area contributed by atoms with Gasteiger partial charge in [-0.05, 0) is 37.6 Å². The molecule has 7 nitrogen and oxygen atoms in total. The standard InChI is InChI=1S/C14H18N4O3.ClH/c1-14(12(20)17-13(21)18-14)9-4-2-5-10(8-9)16-11(19)6-3-7-15;/h2,4-5,8H,3,6-7,15H2,1H3,(H,16,19)(H2,17,18,20,21);1H. The third kappa shape index (κ3) is 3.75. The average molecular weight is 327 g/mol. The number of nitrogens with one attached hydrogen (secondary N) is 3. The molecule has 2 rings (SSSR count). The molecule has 1 aromatic carbocycles. The van der Waals surface area contributed by atoms with Crippen LogP contribution >= 0.6 is 12.4 Å². The zero-order valence-electron chi connectivity index (χ0n) is 12.1. The molecule has 0 aromatic heterocycles. The van der Waals surface area contributed by atoms with E-state index in [-0.39, 0.29) is 18.3 Å². The summed E-state index contributed by atoms with van der Waals surface area (Å²) in [6.07, 6.45) is 0.955. The second kappa shape index (κ2) is 7.24. The minimum atomic E-state index is -1.13. The molecule has 22 heavy (non-hydrogen) atoms. The first-order valence-electron chi connectivity index (χ1n) is 6.70. The lowest BCUT2D eigenvalue weighted by Crippen LogP contribution is -2.40.